The maximum absolute atomic E-state index is 6.39. The van der Waals surface area contributed by atoms with Crippen LogP contribution in [0.3, 0.4) is 0 Å². The van der Waals surface area contributed by atoms with Crippen LogP contribution >= 0.6 is 11.6 Å². The number of nitrogens with one attached hydrogen (secondary N) is 1. The second-order valence-electron chi connectivity index (χ2n) is 5.29. The molecule has 3 nitrogen and oxygen atoms in total. The molecule has 0 saturated carbocycles. The average molecular weight is 306 g/mol. The van der Waals surface area contributed by atoms with Gasteiger partial charge in [-0.25, -0.2) is 0 Å². The number of halogens is 1. The summed E-state index contributed by atoms with van der Waals surface area (Å²) >= 11 is 6.39. The highest BCUT2D eigenvalue weighted by atomic mass is 35.5. The van der Waals surface area contributed by atoms with Crippen molar-refractivity contribution in [3.05, 3.63) is 41.4 Å². The Balaban J connectivity index is 1.49. The molecular weight excluding hydrogens is 286 g/mol. The molecule has 21 heavy (non-hydrogen) atoms. The van der Waals surface area contributed by atoms with E-state index in [4.69, 9.17) is 21.1 Å². The fraction of sp³-hybridized carbons (Fsp3) is 0.412. The van der Waals surface area contributed by atoms with Crippen LogP contribution in [-0.2, 0) is 4.74 Å². The van der Waals surface area contributed by atoms with Crippen LogP contribution in [0.15, 0.2) is 36.4 Å². The highest BCUT2D eigenvalue weighted by molar-refractivity contribution is 6.37. The van der Waals surface area contributed by atoms with Gasteiger partial charge in [-0.3, -0.25) is 0 Å². The van der Waals surface area contributed by atoms with E-state index < -0.39 is 0 Å². The summed E-state index contributed by atoms with van der Waals surface area (Å²) in [5.74, 6) is 0.745. The Morgan fingerprint density at radius 1 is 1.24 bits per heavy atom. The molecule has 1 heterocycles. The van der Waals surface area contributed by atoms with Crippen LogP contribution in [0.25, 0.3) is 10.8 Å². The summed E-state index contributed by atoms with van der Waals surface area (Å²) < 4.78 is 11.3. The topological polar surface area (TPSA) is 30.5 Å². The van der Waals surface area contributed by atoms with Crippen molar-refractivity contribution in [1.29, 1.82) is 0 Å². The van der Waals surface area contributed by atoms with Crippen molar-refractivity contribution in [1.82, 2.24) is 5.32 Å². The average Bonchev–Trinajstić information content (AvgIpc) is 3.03. The third kappa shape index (κ3) is 3.67. The van der Waals surface area contributed by atoms with Gasteiger partial charge in [0.05, 0.1) is 11.1 Å². The molecule has 1 unspecified atom stereocenters. The minimum atomic E-state index is 0.370. The van der Waals surface area contributed by atoms with Crippen LogP contribution in [0.5, 0.6) is 5.75 Å². The first kappa shape index (κ1) is 14.6. The zero-order chi connectivity index (χ0) is 14.5. The fourth-order valence-electron chi connectivity index (χ4n) is 2.63. The van der Waals surface area contributed by atoms with Gasteiger partial charge >= 0.3 is 0 Å². The van der Waals surface area contributed by atoms with E-state index in [0.29, 0.717) is 17.7 Å². The van der Waals surface area contributed by atoms with Gasteiger partial charge in [0.2, 0.25) is 0 Å². The van der Waals surface area contributed by atoms with E-state index in [1.165, 1.54) is 6.42 Å². The molecule has 0 aromatic heterocycles. The Kier molecular flexibility index (Phi) is 4.96. The lowest BCUT2D eigenvalue weighted by Crippen LogP contribution is -2.29. The van der Waals surface area contributed by atoms with Gasteiger partial charge in [0.25, 0.3) is 0 Å². The molecule has 1 fully saturated rings. The molecule has 1 saturated heterocycles. The van der Waals surface area contributed by atoms with Crippen molar-refractivity contribution in [2.24, 2.45) is 0 Å². The van der Waals surface area contributed by atoms with Crippen molar-refractivity contribution in [3.8, 4) is 5.75 Å². The van der Waals surface area contributed by atoms with Crippen molar-refractivity contribution >= 4 is 22.4 Å². The lowest BCUT2D eigenvalue weighted by Gasteiger charge is -2.12. The van der Waals surface area contributed by atoms with E-state index in [9.17, 15) is 0 Å². The molecule has 4 heteroatoms. The van der Waals surface area contributed by atoms with Crippen molar-refractivity contribution in [2.75, 3.05) is 26.3 Å². The van der Waals surface area contributed by atoms with Crippen molar-refractivity contribution in [2.45, 2.75) is 18.9 Å². The summed E-state index contributed by atoms with van der Waals surface area (Å²) in [6, 6.07) is 12.0. The Hall–Kier alpha value is -1.29. The van der Waals surface area contributed by atoms with Gasteiger partial charge in [0.15, 0.2) is 0 Å². The largest absolute Gasteiger partial charge is 0.491 e. The van der Waals surface area contributed by atoms with Gasteiger partial charge in [0.1, 0.15) is 12.4 Å². The SMILES string of the molecule is Clc1c(OCCNCC2CCCO2)ccc2ccccc12. The zero-order valence-corrected chi connectivity index (χ0v) is 12.7. The first-order chi connectivity index (χ1) is 10.3. The molecule has 0 bridgehead atoms. The van der Waals surface area contributed by atoms with E-state index in [1.807, 2.05) is 36.4 Å². The molecule has 1 aliphatic heterocycles. The molecule has 1 aliphatic rings. The number of fused-ring (bicyclic) bond motifs is 1. The van der Waals surface area contributed by atoms with Gasteiger partial charge in [-0.05, 0) is 24.3 Å². The first-order valence-electron chi connectivity index (χ1n) is 7.47. The maximum atomic E-state index is 6.39. The normalized spacial score (nSPS) is 18.2. The Morgan fingerprint density at radius 2 is 2.14 bits per heavy atom. The van der Waals surface area contributed by atoms with Crippen LogP contribution in [-0.4, -0.2) is 32.4 Å². The summed E-state index contributed by atoms with van der Waals surface area (Å²) in [6.07, 6.45) is 2.70. The van der Waals surface area contributed by atoms with E-state index >= 15 is 0 Å². The Morgan fingerprint density at radius 3 is 3.00 bits per heavy atom. The Bertz CT molecular complexity index is 596. The second kappa shape index (κ2) is 7.12. The molecule has 1 N–H and O–H groups in total. The van der Waals surface area contributed by atoms with Crippen LogP contribution in [0.4, 0.5) is 0 Å². The summed E-state index contributed by atoms with van der Waals surface area (Å²) in [5, 5.41) is 6.21. The number of benzene rings is 2. The van der Waals surface area contributed by atoms with Gasteiger partial charge in [-0.1, -0.05) is 41.9 Å². The molecule has 2 aromatic rings. The summed E-state index contributed by atoms with van der Waals surface area (Å²) in [4.78, 5) is 0. The molecule has 0 spiro atoms. The fourth-order valence-corrected chi connectivity index (χ4v) is 2.92. The van der Waals surface area contributed by atoms with Crippen LogP contribution in [0, 0.1) is 0 Å². The molecule has 1 atom stereocenters. The summed E-state index contributed by atoms with van der Waals surface area (Å²) in [6.45, 7) is 3.19. The summed E-state index contributed by atoms with van der Waals surface area (Å²) in [5.41, 5.74) is 0. The second-order valence-corrected chi connectivity index (χ2v) is 5.66. The van der Waals surface area contributed by atoms with E-state index in [1.54, 1.807) is 0 Å². The minimum absolute atomic E-state index is 0.370. The maximum Gasteiger partial charge on any atom is 0.138 e. The van der Waals surface area contributed by atoms with Gasteiger partial charge in [-0.15, -0.1) is 0 Å². The van der Waals surface area contributed by atoms with Gasteiger partial charge < -0.3 is 14.8 Å². The molecule has 0 radical (unpaired) electrons. The van der Waals surface area contributed by atoms with Crippen LogP contribution < -0.4 is 10.1 Å². The highest BCUT2D eigenvalue weighted by Crippen LogP contribution is 2.32. The van der Waals surface area contributed by atoms with Gasteiger partial charge in [0, 0.05) is 25.1 Å². The third-order valence-electron chi connectivity index (χ3n) is 3.76. The highest BCUT2D eigenvalue weighted by Gasteiger charge is 2.14. The van der Waals surface area contributed by atoms with Gasteiger partial charge in [-0.2, -0.15) is 0 Å². The molecule has 0 aliphatic carbocycles. The molecule has 0 amide bonds. The number of ether oxygens (including phenoxy) is 2. The van der Waals surface area contributed by atoms with Crippen LogP contribution in [0.1, 0.15) is 12.8 Å². The monoisotopic (exact) mass is 305 g/mol. The van der Waals surface area contributed by atoms with Crippen LogP contribution in [0.2, 0.25) is 5.02 Å². The predicted molar refractivity (Wildman–Crippen MR) is 86.3 cm³/mol. The quantitative estimate of drug-likeness (QED) is 0.827. The predicted octanol–water partition coefficient (Wildman–Crippen LogP) is 3.64. The third-order valence-corrected chi connectivity index (χ3v) is 4.15. The van der Waals surface area contributed by atoms with E-state index in [0.717, 1.165) is 42.6 Å². The van der Waals surface area contributed by atoms with Crippen molar-refractivity contribution < 1.29 is 9.47 Å². The molecule has 3 rings (SSSR count). The van der Waals surface area contributed by atoms with E-state index in [-0.39, 0.29) is 0 Å². The Labute approximate surface area is 130 Å². The first-order valence-corrected chi connectivity index (χ1v) is 7.85. The molecular formula is C17H20ClNO2. The number of hydrogen-bond donors (Lipinski definition) is 1. The standard InChI is InChI=1S/C17H20ClNO2/c18-17-15-6-2-1-4-13(15)7-8-16(17)21-11-9-19-12-14-5-3-10-20-14/h1-2,4,6-8,14,19H,3,5,9-12H2. The van der Waals surface area contributed by atoms with Crippen molar-refractivity contribution in [3.63, 3.8) is 0 Å². The lowest BCUT2D eigenvalue weighted by molar-refractivity contribution is 0.109. The van der Waals surface area contributed by atoms with E-state index in [2.05, 4.69) is 5.32 Å². The number of rotatable bonds is 6. The lowest BCUT2D eigenvalue weighted by atomic mass is 10.1. The number of hydrogen-bond acceptors (Lipinski definition) is 3. The smallest absolute Gasteiger partial charge is 0.138 e. The summed E-state index contributed by atoms with van der Waals surface area (Å²) in [7, 11) is 0. The minimum Gasteiger partial charge on any atom is -0.491 e. The molecule has 112 valence electrons. The zero-order valence-electron chi connectivity index (χ0n) is 12.0. The molecule has 2 aromatic carbocycles.